The molecule has 3 rings (SSSR count). The highest BCUT2D eigenvalue weighted by atomic mass is 35.5. The van der Waals surface area contributed by atoms with Gasteiger partial charge in [0.25, 0.3) is 0 Å². The third-order valence-corrected chi connectivity index (χ3v) is 4.43. The summed E-state index contributed by atoms with van der Waals surface area (Å²) in [6.45, 7) is 0.890. The summed E-state index contributed by atoms with van der Waals surface area (Å²) in [5, 5.41) is 11.3. The van der Waals surface area contributed by atoms with E-state index in [4.69, 9.17) is 39.3 Å². The lowest BCUT2D eigenvalue weighted by molar-refractivity contribution is -0.121. The van der Waals surface area contributed by atoms with Gasteiger partial charge in [-0.15, -0.1) is 0 Å². The fraction of sp³-hybridized carbons (Fsp3) is 0.222. The van der Waals surface area contributed by atoms with E-state index >= 15 is 0 Å². The maximum atomic E-state index is 12.0. The Morgan fingerprint density at radius 3 is 2.61 bits per heavy atom. The second-order valence-electron chi connectivity index (χ2n) is 5.78. The van der Waals surface area contributed by atoms with Gasteiger partial charge in [0.2, 0.25) is 17.6 Å². The Balaban J connectivity index is 1.39. The maximum absolute atomic E-state index is 12.0. The number of hydrogen-bond acceptors (Lipinski definition) is 6. The Hall–Kier alpha value is -2.35. The van der Waals surface area contributed by atoms with Crippen molar-refractivity contribution in [3.05, 3.63) is 57.5 Å². The molecule has 0 aliphatic rings. The Bertz CT molecular complexity index is 947. The number of carbonyl (C=O) groups excluding carboxylic acids is 1. The number of halogens is 3. The van der Waals surface area contributed by atoms with Gasteiger partial charge in [-0.2, -0.15) is 4.98 Å². The molecule has 0 fully saturated rings. The number of hydrogen-bond donors (Lipinski definition) is 2. The van der Waals surface area contributed by atoms with E-state index in [0.29, 0.717) is 52.1 Å². The van der Waals surface area contributed by atoms with Gasteiger partial charge in [-0.05, 0) is 30.3 Å². The van der Waals surface area contributed by atoms with E-state index in [-0.39, 0.29) is 12.3 Å². The summed E-state index contributed by atoms with van der Waals surface area (Å²) < 4.78 is 5.19. The molecule has 0 saturated heterocycles. The van der Waals surface area contributed by atoms with Crippen LogP contribution in [0, 0.1) is 0 Å². The van der Waals surface area contributed by atoms with Crippen molar-refractivity contribution < 1.29 is 9.32 Å². The van der Waals surface area contributed by atoms with E-state index in [1.165, 1.54) is 6.20 Å². The Kier molecular flexibility index (Phi) is 7.08. The van der Waals surface area contributed by atoms with Crippen molar-refractivity contribution in [3.8, 4) is 11.4 Å². The average Bonchev–Trinajstić information content (AvgIpc) is 3.14. The van der Waals surface area contributed by atoms with Gasteiger partial charge in [0.05, 0.1) is 10.0 Å². The molecule has 1 aromatic carbocycles. The number of aryl methyl sites for hydroxylation is 1. The van der Waals surface area contributed by atoms with Crippen molar-refractivity contribution in [1.82, 2.24) is 20.4 Å². The zero-order chi connectivity index (χ0) is 19.9. The predicted octanol–water partition coefficient (Wildman–Crippen LogP) is 4.25. The molecule has 0 aliphatic carbocycles. The highest BCUT2D eigenvalue weighted by Crippen LogP contribution is 2.22. The highest BCUT2D eigenvalue weighted by Gasteiger charge is 2.11. The number of amides is 1. The summed E-state index contributed by atoms with van der Waals surface area (Å²) in [6.07, 6.45) is 2.09. The third kappa shape index (κ3) is 5.82. The first-order chi connectivity index (χ1) is 13.5. The molecule has 0 aliphatic heterocycles. The number of aromatic nitrogens is 3. The van der Waals surface area contributed by atoms with Crippen LogP contribution in [0.4, 0.5) is 5.82 Å². The molecule has 0 radical (unpaired) electrons. The van der Waals surface area contributed by atoms with Crippen LogP contribution in [0.1, 0.15) is 12.3 Å². The van der Waals surface area contributed by atoms with Gasteiger partial charge in [-0.25, -0.2) is 4.98 Å². The molecule has 0 bridgehead atoms. The van der Waals surface area contributed by atoms with Gasteiger partial charge in [0.1, 0.15) is 5.82 Å². The molecule has 0 spiro atoms. The van der Waals surface area contributed by atoms with Crippen molar-refractivity contribution in [1.29, 1.82) is 0 Å². The molecular weight excluding hydrogens is 425 g/mol. The number of anilines is 1. The number of benzene rings is 1. The summed E-state index contributed by atoms with van der Waals surface area (Å²) >= 11 is 17.7. The Labute approximate surface area is 176 Å². The van der Waals surface area contributed by atoms with Crippen molar-refractivity contribution in [2.75, 3.05) is 18.4 Å². The lowest BCUT2D eigenvalue weighted by Crippen LogP contribution is -2.29. The lowest BCUT2D eigenvalue weighted by Gasteiger charge is -2.08. The molecule has 10 heteroatoms. The number of nitrogens with one attached hydrogen (secondary N) is 2. The molecule has 1 amide bonds. The summed E-state index contributed by atoms with van der Waals surface area (Å²) in [6, 6.07) is 8.71. The molecule has 3 aromatic rings. The topological polar surface area (TPSA) is 92.9 Å². The molecule has 28 heavy (non-hydrogen) atoms. The molecular formula is C18H16Cl3N5O2. The number of pyridine rings is 1. The summed E-state index contributed by atoms with van der Waals surface area (Å²) in [4.78, 5) is 20.3. The van der Waals surface area contributed by atoms with Gasteiger partial charge in [0.15, 0.2) is 0 Å². The molecule has 2 aromatic heterocycles. The van der Waals surface area contributed by atoms with Crippen LogP contribution >= 0.6 is 34.8 Å². The van der Waals surface area contributed by atoms with Crippen LogP contribution in [-0.4, -0.2) is 34.1 Å². The van der Waals surface area contributed by atoms with Gasteiger partial charge >= 0.3 is 0 Å². The predicted molar refractivity (Wildman–Crippen MR) is 109 cm³/mol. The zero-order valence-corrected chi connectivity index (χ0v) is 16.9. The van der Waals surface area contributed by atoms with E-state index in [0.717, 1.165) is 5.56 Å². The van der Waals surface area contributed by atoms with Gasteiger partial charge in [-0.3, -0.25) is 4.79 Å². The van der Waals surface area contributed by atoms with E-state index in [9.17, 15) is 4.79 Å². The van der Waals surface area contributed by atoms with Crippen LogP contribution in [0.15, 0.2) is 41.1 Å². The second-order valence-corrected chi connectivity index (χ2v) is 7.06. The van der Waals surface area contributed by atoms with E-state index in [1.807, 2.05) is 0 Å². The third-order valence-electron chi connectivity index (χ3n) is 3.68. The van der Waals surface area contributed by atoms with Crippen LogP contribution in [0.3, 0.4) is 0 Å². The smallest absolute Gasteiger partial charge is 0.227 e. The summed E-state index contributed by atoms with van der Waals surface area (Å²) in [5.74, 6) is 1.25. The molecule has 7 nitrogen and oxygen atoms in total. The summed E-state index contributed by atoms with van der Waals surface area (Å²) in [5.41, 5.74) is 0.796. The quantitative estimate of drug-likeness (QED) is 0.509. The van der Waals surface area contributed by atoms with Crippen LogP contribution in [-0.2, 0) is 11.2 Å². The molecule has 146 valence electrons. The van der Waals surface area contributed by atoms with Gasteiger partial charge in [-0.1, -0.05) is 40.0 Å². The van der Waals surface area contributed by atoms with Gasteiger partial charge < -0.3 is 15.2 Å². The number of carbonyl (C=O) groups is 1. The zero-order valence-electron chi connectivity index (χ0n) is 14.6. The SMILES string of the molecule is O=C(CCc1nc(-c2ccc(Cl)cc2)no1)NCCNc1ncc(Cl)cc1Cl. The molecule has 2 N–H and O–H groups in total. The average molecular weight is 441 g/mol. The Morgan fingerprint density at radius 1 is 1.07 bits per heavy atom. The highest BCUT2D eigenvalue weighted by molar-refractivity contribution is 6.35. The Morgan fingerprint density at radius 2 is 1.86 bits per heavy atom. The monoisotopic (exact) mass is 439 g/mol. The molecule has 0 atom stereocenters. The van der Waals surface area contributed by atoms with Gasteiger partial charge in [0, 0.05) is 42.7 Å². The molecule has 0 unspecified atom stereocenters. The minimum atomic E-state index is -0.122. The number of rotatable bonds is 8. The van der Waals surface area contributed by atoms with Crippen molar-refractivity contribution in [3.63, 3.8) is 0 Å². The molecule has 2 heterocycles. The first-order valence-corrected chi connectivity index (χ1v) is 9.55. The van der Waals surface area contributed by atoms with Crippen molar-refractivity contribution in [2.24, 2.45) is 0 Å². The summed E-state index contributed by atoms with van der Waals surface area (Å²) in [7, 11) is 0. The molecule has 0 saturated carbocycles. The van der Waals surface area contributed by atoms with E-state index < -0.39 is 0 Å². The minimum Gasteiger partial charge on any atom is -0.367 e. The van der Waals surface area contributed by atoms with Crippen LogP contribution in [0.25, 0.3) is 11.4 Å². The van der Waals surface area contributed by atoms with Crippen molar-refractivity contribution in [2.45, 2.75) is 12.8 Å². The first-order valence-electron chi connectivity index (χ1n) is 8.41. The van der Waals surface area contributed by atoms with E-state index in [1.54, 1.807) is 30.3 Å². The van der Waals surface area contributed by atoms with Crippen LogP contribution < -0.4 is 10.6 Å². The largest absolute Gasteiger partial charge is 0.367 e. The normalized spacial score (nSPS) is 10.7. The fourth-order valence-corrected chi connectivity index (χ4v) is 2.88. The van der Waals surface area contributed by atoms with Crippen LogP contribution in [0.5, 0.6) is 0 Å². The van der Waals surface area contributed by atoms with Crippen LogP contribution in [0.2, 0.25) is 15.1 Å². The standard InChI is InChI=1S/C18H16Cl3N5O2/c19-12-3-1-11(2-4-12)17-25-16(28-26-17)6-5-15(27)22-7-8-23-18-14(21)9-13(20)10-24-18/h1-4,9-10H,5-8H2,(H,22,27)(H,23,24). The first kappa shape index (κ1) is 20.4. The van der Waals surface area contributed by atoms with E-state index in [2.05, 4.69) is 25.8 Å². The maximum Gasteiger partial charge on any atom is 0.227 e. The number of nitrogens with zero attached hydrogens (tertiary/aromatic N) is 3. The minimum absolute atomic E-state index is 0.122. The lowest BCUT2D eigenvalue weighted by atomic mass is 10.2. The second kappa shape index (κ2) is 9.73. The fourth-order valence-electron chi connectivity index (χ4n) is 2.31. The van der Waals surface area contributed by atoms with Crippen molar-refractivity contribution >= 4 is 46.5 Å².